The number of carbonyl (C=O) groups is 1. The lowest BCUT2D eigenvalue weighted by Crippen LogP contribution is -2.28. The Morgan fingerprint density at radius 1 is 1.13 bits per heavy atom. The molecule has 5 nitrogen and oxygen atoms in total. The Kier molecular flexibility index (Phi) is 5.79. The molecule has 0 saturated carbocycles. The monoisotopic (exact) mass is 397 g/mol. The Morgan fingerprint density at radius 3 is 2.39 bits per heavy atom. The summed E-state index contributed by atoms with van der Waals surface area (Å²) in [5.41, 5.74) is 0.812. The van der Waals surface area contributed by atoms with E-state index in [9.17, 15) is 13.2 Å². The molecule has 0 aliphatic carbocycles. The van der Waals surface area contributed by atoms with Gasteiger partial charge in [0.15, 0.2) is 16.4 Å². The molecule has 0 heterocycles. The van der Waals surface area contributed by atoms with E-state index in [0.29, 0.717) is 12.3 Å². The molecular weight excluding hydrogens is 382 g/mol. The predicted octanol–water partition coefficient (Wildman–Crippen LogP) is 2.55. The van der Waals surface area contributed by atoms with Gasteiger partial charge >= 0.3 is 0 Å². The Morgan fingerprint density at radius 2 is 1.78 bits per heavy atom. The number of nitrogens with one attached hydrogen (secondary N) is 1. The first-order valence-corrected chi connectivity index (χ1v) is 9.48. The average Bonchev–Trinajstić information content (AvgIpc) is 2.51. The summed E-state index contributed by atoms with van der Waals surface area (Å²) in [5.74, 6) is 0.341. The summed E-state index contributed by atoms with van der Waals surface area (Å²) < 4.78 is 28.9. The summed E-state index contributed by atoms with van der Waals surface area (Å²) >= 11 is 3.34. The van der Waals surface area contributed by atoms with E-state index in [2.05, 4.69) is 21.2 Å². The molecule has 2 rings (SSSR count). The molecule has 0 spiro atoms. The number of sulfone groups is 1. The van der Waals surface area contributed by atoms with Gasteiger partial charge in [-0.05, 0) is 45.8 Å². The lowest BCUT2D eigenvalue weighted by atomic mass is 10.2. The number of halogens is 1. The van der Waals surface area contributed by atoms with Gasteiger partial charge in [-0.2, -0.15) is 0 Å². The molecule has 1 amide bonds. The van der Waals surface area contributed by atoms with Crippen LogP contribution in [-0.2, 0) is 21.2 Å². The highest BCUT2D eigenvalue weighted by atomic mass is 79.9. The minimum atomic E-state index is -3.21. The second-order valence-corrected chi connectivity index (χ2v) is 7.78. The normalized spacial score (nSPS) is 11.0. The Hall–Kier alpha value is -1.86. The van der Waals surface area contributed by atoms with Crippen molar-refractivity contribution in [1.29, 1.82) is 0 Å². The van der Waals surface area contributed by atoms with Crippen molar-refractivity contribution in [2.24, 2.45) is 0 Å². The van der Waals surface area contributed by atoms with Gasteiger partial charge in [-0.3, -0.25) is 4.79 Å². The third-order valence-electron chi connectivity index (χ3n) is 3.04. The molecule has 0 saturated heterocycles. The SMILES string of the molecule is CS(=O)(=O)c1ccc(CNC(=O)COc2ccccc2Br)cc1. The topological polar surface area (TPSA) is 72.5 Å². The zero-order chi connectivity index (χ0) is 16.9. The fraction of sp³-hybridized carbons (Fsp3) is 0.188. The molecule has 0 aliphatic rings. The standard InChI is InChI=1S/C16H16BrNO4S/c1-23(20,21)13-8-6-12(7-9-13)10-18-16(19)11-22-15-5-3-2-4-14(15)17/h2-9H,10-11H2,1H3,(H,18,19). The summed E-state index contributed by atoms with van der Waals surface area (Å²) in [7, 11) is -3.21. The first-order valence-electron chi connectivity index (χ1n) is 6.79. The minimum Gasteiger partial charge on any atom is -0.483 e. The van der Waals surface area contributed by atoms with Crippen molar-refractivity contribution in [2.75, 3.05) is 12.9 Å². The van der Waals surface area contributed by atoms with Crippen molar-refractivity contribution < 1.29 is 17.9 Å². The fourth-order valence-corrected chi connectivity index (χ4v) is 2.84. The highest BCUT2D eigenvalue weighted by Crippen LogP contribution is 2.23. The van der Waals surface area contributed by atoms with Crippen LogP contribution in [0, 0.1) is 0 Å². The summed E-state index contributed by atoms with van der Waals surface area (Å²) in [6.07, 6.45) is 1.16. The summed E-state index contributed by atoms with van der Waals surface area (Å²) in [5, 5.41) is 2.72. The van der Waals surface area contributed by atoms with Crippen molar-refractivity contribution in [3.8, 4) is 5.75 Å². The number of rotatable bonds is 6. The third-order valence-corrected chi connectivity index (χ3v) is 4.82. The fourth-order valence-electron chi connectivity index (χ4n) is 1.81. The Balaban J connectivity index is 1.84. The molecule has 0 radical (unpaired) electrons. The van der Waals surface area contributed by atoms with Crippen molar-refractivity contribution >= 4 is 31.7 Å². The molecule has 1 N–H and O–H groups in total. The molecule has 122 valence electrons. The van der Waals surface area contributed by atoms with E-state index < -0.39 is 9.84 Å². The second kappa shape index (κ2) is 7.61. The predicted molar refractivity (Wildman–Crippen MR) is 91.0 cm³/mol. The minimum absolute atomic E-state index is 0.0932. The molecule has 0 bridgehead atoms. The second-order valence-electron chi connectivity index (χ2n) is 4.91. The zero-order valence-corrected chi connectivity index (χ0v) is 14.9. The average molecular weight is 398 g/mol. The van der Waals surface area contributed by atoms with E-state index in [4.69, 9.17) is 4.74 Å². The van der Waals surface area contributed by atoms with Crippen LogP contribution in [0.4, 0.5) is 0 Å². The molecule has 0 aromatic heterocycles. The van der Waals surface area contributed by atoms with Crippen LogP contribution in [0.3, 0.4) is 0 Å². The van der Waals surface area contributed by atoms with E-state index in [1.807, 2.05) is 18.2 Å². The van der Waals surface area contributed by atoms with Gasteiger partial charge in [0.05, 0.1) is 9.37 Å². The maximum absolute atomic E-state index is 11.8. The van der Waals surface area contributed by atoms with Crippen molar-refractivity contribution in [2.45, 2.75) is 11.4 Å². The lowest BCUT2D eigenvalue weighted by molar-refractivity contribution is -0.123. The van der Waals surface area contributed by atoms with Gasteiger partial charge in [-0.25, -0.2) is 8.42 Å². The largest absolute Gasteiger partial charge is 0.483 e. The number of para-hydroxylation sites is 1. The number of hydrogen-bond acceptors (Lipinski definition) is 4. The summed E-state index contributed by atoms with van der Waals surface area (Å²) in [6.45, 7) is 0.215. The molecule has 0 unspecified atom stereocenters. The number of carbonyl (C=O) groups excluding carboxylic acids is 1. The van der Waals surface area contributed by atoms with Crippen LogP contribution in [0.2, 0.25) is 0 Å². The molecule has 2 aromatic rings. The Bertz CT molecular complexity index is 788. The first-order chi connectivity index (χ1) is 10.9. The van der Waals surface area contributed by atoms with Gasteiger partial charge < -0.3 is 10.1 Å². The molecule has 0 atom stereocenters. The van der Waals surface area contributed by atoms with Crippen LogP contribution < -0.4 is 10.1 Å². The van der Waals surface area contributed by atoms with E-state index >= 15 is 0 Å². The molecule has 2 aromatic carbocycles. The van der Waals surface area contributed by atoms with Crippen molar-refractivity contribution in [3.05, 3.63) is 58.6 Å². The quantitative estimate of drug-likeness (QED) is 0.812. The lowest BCUT2D eigenvalue weighted by Gasteiger charge is -2.09. The maximum Gasteiger partial charge on any atom is 0.258 e. The maximum atomic E-state index is 11.8. The van der Waals surface area contributed by atoms with Crippen molar-refractivity contribution in [1.82, 2.24) is 5.32 Å². The van der Waals surface area contributed by atoms with E-state index in [-0.39, 0.29) is 17.4 Å². The highest BCUT2D eigenvalue weighted by Gasteiger charge is 2.07. The summed E-state index contributed by atoms with van der Waals surface area (Å²) in [4.78, 5) is 12.0. The highest BCUT2D eigenvalue weighted by molar-refractivity contribution is 9.10. The molecule has 7 heteroatoms. The molecule has 0 fully saturated rings. The van der Waals surface area contributed by atoms with Crippen LogP contribution in [0.25, 0.3) is 0 Å². The van der Waals surface area contributed by atoms with Crippen LogP contribution >= 0.6 is 15.9 Å². The van der Waals surface area contributed by atoms with E-state index in [1.165, 1.54) is 12.1 Å². The molecule has 0 aliphatic heterocycles. The number of ether oxygens (including phenoxy) is 1. The number of amides is 1. The molecular formula is C16H16BrNO4S. The van der Waals surface area contributed by atoms with Gasteiger partial charge in [0.2, 0.25) is 0 Å². The van der Waals surface area contributed by atoms with Crippen LogP contribution in [0.5, 0.6) is 5.75 Å². The third kappa shape index (κ3) is 5.37. The zero-order valence-electron chi connectivity index (χ0n) is 12.5. The van der Waals surface area contributed by atoms with Crippen LogP contribution in [-0.4, -0.2) is 27.2 Å². The number of benzene rings is 2. The Labute approximate surface area is 143 Å². The van der Waals surface area contributed by atoms with E-state index in [1.54, 1.807) is 18.2 Å². The van der Waals surface area contributed by atoms with Gasteiger partial charge in [0.1, 0.15) is 5.75 Å². The van der Waals surface area contributed by atoms with Gasteiger partial charge in [-0.15, -0.1) is 0 Å². The smallest absolute Gasteiger partial charge is 0.258 e. The summed E-state index contributed by atoms with van der Waals surface area (Å²) in [6, 6.07) is 13.7. The van der Waals surface area contributed by atoms with Crippen molar-refractivity contribution in [3.63, 3.8) is 0 Å². The van der Waals surface area contributed by atoms with E-state index in [0.717, 1.165) is 16.3 Å². The molecule has 23 heavy (non-hydrogen) atoms. The van der Waals surface area contributed by atoms with Crippen LogP contribution in [0.1, 0.15) is 5.56 Å². The van der Waals surface area contributed by atoms with Gasteiger partial charge in [-0.1, -0.05) is 24.3 Å². The number of hydrogen-bond donors (Lipinski definition) is 1. The van der Waals surface area contributed by atoms with Gasteiger partial charge in [0, 0.05) is 12.8 Å². The van der Waals surface area contributed by atoms with Gasteiger partial charge in [0.25, 0.3) is 5.91 Å². The van der Waals surface area contributed by atoms with Crippen LogP contribution in [0.15, 0.2) is 57.9 Å². The first kappa shape index (κ1) is 17.5.